The van der Waals surface area contributed by atoms with Gasteiger partial charge in [0.15, 0.2) is 17.1 Å². The normalized spacial score (nSPS) is 9.75. The van der Waals surface area contributed by atoms with E-state index in [4.69, 9.17) is 0 Å². The van der Waals surface area contributed by atoms with Crippen LogP contribution in [-0.4, -0.2) is 27.4 Å². The molecule has 0 aliphatic carbocycles. The molecule has 22 heteroatoms. The minimum atomic E-state index is -0.969. The zero-order valence-corrected chi connectivity index (χ0v) is 22.3. The summed E-state index contributed by atoms with van der Waals surface area (Å²) in [6.45, 7) is 0. The van der Waals surface area contributed by atoms with Crippen LogP contribution in [0.15, 0.2) is 44.3 Å². The van der Waals surface area contributed by atoms with Gasteiger partial charge in [-0.05, 0) is 15.5 Å². The van der Waals surface area contributed by atoms with E-state index in [1.807, 2.05) is 0 Å². The molecule has 21 nitrogen and oxygen atoms in total. The Kier molecular flexibility index (Phi) is 11.7. The van der Waals surface area contributed by atoms with Gasteiger partial charge in [-0.15, -0.1) is 14.7 Å². The van der Waals surface area contributed by atoms with E-state index in [1.54, 1.807) is 0 Å². The van der Waals surface area contributed by atoms with E-state index in [2.05, 4.69) is 15.5 Å². The van der Waals surface area contributed by atoms with Crippen molar-refractivity contribution in [2.24, 2.45) is 57.8 Å². The minimum Gasteiger partial charge on any atom is -0.858 e. The number of nitroso groups, excluding NO2 is 3. The molecule has 0 spiro atoms. The summed E-state index contributed by atoms with van der Waals surface area (Å²) in [6.07, 6.45) is 0. The van der Waals surface area contributed by atoms with Crippen LogP contribution in [0.2, 0.25) is 0 Å². The van der Waals surface area contributed by atoms with Crippen molar-refractivity contribution < 1.29 is 32.1 Å². The van der Waals surface area contributed by atoms with Crippen molar-refractivity contribution >= 4 is 17.1 Å². The van der Waals surface area contributed by atoms with Crippen molar-refractivity contribution in [1.82, 2.24) is 27.4 Å². The van der Waals surface area contributed by atoms with Gasteiger partial charge in [-0.1, -0.05) is 0 Å². The van der Waals surface area contributed by atoms with Crippen molar-refractivity contribution in [2.75, 3.05) is 0 Å². The third-order valence-electron chi connectivity index (χ3n) is 5.04. The Morgan fingerprint density at radius 2 is 0.600 bits per heavy atom. The molecular weight excluding hydrogens is 593 g/mol. The standard InChI is InChI=1S/3C6H7N3O4.Co/c3*1-8-4(10)3(7-13)5(11)9(2)6(8)12;/h3*10H,1-2H3;/q;;;+3/p-3. The molecule has 0 aliphatic rings. The van der Waals surface area contributed by atoms with Crippen LogP contribution in [0.4, 0.5) is 17.1 Å². The molecule has 216 valence electrons. The first kappa shape index (κ1) is 34.7. The Morgan fingerprint density at radius 3 is 0.750 bits per heavy atom. The third kappa shape index (κ3) is 6.24. The molecule has 0 atom stereocenters. The molecule has 0 bridgehead atoms. The van der Waals surface area contributed by atoms with Gasteiger partial charge in [0.2, 0.25) is 0 Å². The molecule has 3 aromatic heterocycles. The maximum Gasteiger partial charge on any atom is 3.00 e. The molecule has 3 rings (SSSR count). The van der Waals surface area contributed by atoms with Crippen molar-refractivity contribution in [3.63, 3.8) is 0 Å². The van der Waals surface area contributed by atoms with E-state index in [-0.39, 0.29) is 16.8 Å². The van der Waals surface area contributed by atoms with E-state index >= 15 is 0 Å². The molecular formula is C18H18CoN9O12. The van der Waals surface area contributed by atoms with Crippen LogP contribution in [0.25, 0.3) is 0 Å². The Bertz CT molecular complexity index is 1630. The maximum absolute atomic E-state index is 11.1. The summed E-state index contributed by atoms with van der Waals surface area (Å²) < 4.78 is 3.91. The van der Waals surface area contributed by atoms with E-state index in [9.17, 15) is 58.8 Å². The smallest absolute Gasteiger partial charge is 0.858 e. The van der Waals surface area contributed by atoms with Gasteiger partial charge in [0.25, 0.3) is 16.7 Å². The molecule has 0 saturated carbocycles. The van der Waals surface area contributed by atoms with Crippen LogP contribution >= 0.6 is 0 Å². The fourth-order valence-corrected chi connectivity index (χ4v) is 2.66. The van der Waals surface area contributed by atoms with Crippen LogP contribution in [0.5, 0.6) is 17.6 Å². The second kappa shape index (κ2) is 13.5. The van der Waals surface area contributed by atoms with Gasteiger partial charge in [0, 0.05) is 59.9 Å². The van der Waals surface area contributed by atoms with Crippen LogP contribution in [0.1, 0.15) is 0 Å². The van der Waals surface area contributed by atoms with Crippen LogP contribution in [0, 0.1) is 14.7 Å². The monoisotopic (exact) mass is 611 g/mol. The average Bonchev–Trinajstić information content (AvgIpc) is 2.92. The second-order valence-corrected chi connectivity index (χ2v) is 7.35. The van der Waals surface area contributed by atoms with Crippen LogP contribution in [0.3, 0.4) is 0 Å². The summed E-state index contributed by atoms with van der Waals surface area (Å²) in [5, 5.41) is 40.0. The molecule has 0 fully saturated rings. The topological polar surface area (TPSA) is 289 Å². The van der Waals surface area contributed by atoms with Gasteiger partial charge in [-0.3, -0.25) is 28.1 Å². The van der Waals surface area contributed by atoms with Crippen LogP contribution < -0.4 is 49.1 Å². The molecule has 3 aromatic rings. The number of hydrogen-bond acceptors (Lipinski definition) is 15. The maximum atomic E-state index is 11.1. The molecule has 0 aromatic carbocycles. The number of aromatic nitrogens is 6. The summed E-state index contributed by atoms with van der Waals surface area (Å²) in [7, 11) is 6.99. The van der Waals surface area contributed by atoms with Crippen LogP contribution in [-0.2, 0) is 59.1 Å². The first-order chi connectivity index (χ1) is 18.0. The zero-order chi connectivity index (χ0) is 30.5. The molecule has 0 N–H and O–H groups in total. The molecule has 0 amide bonds. The van der Waals surface area contributed by atoms with E-state index in [0.717, 1.165) is 0 Å². The van der Waals surface area contributed by atoms with Gasteiger partial charge in [-0.25, -0.2) is 14.4 Å². The molecule has 3 heterocycles. The molecule has 0 radical (unpaired) electrons. The van der Waals surface area contributed by atoms with Gasteiger partial charge in [0.1, 0.15) is 0 Å². The Balaban J connectivity index is 0.000000563. The summed E-state index contributed by atoms with van der Waals surface area (Å²) in [4.78, 5) is 96.6. The number of nitrogens with zero attached hydrogens (tertiary/aromatic N) is 9. The molecule has 0 unspecified atom stereocenters. The van der Waals surface area contributed by atoms with Crippen molar-refractivity contribution in [3.8, 4) is 17.6 Å². The predicted octanol–water partition coefficient (Wildman–Crippen LogP) is -4.34. The first-order valence-electron chi connectivity index (χ1n) is 9.92. The van der Waals surface area contributed by atoms with Gasteiger partial charge in [-0.2, -0.15) is 0 Å². The molecule has 0 saturated heterocycles. The number of hydrogen-bond donors (Lipinski definition) is 0. The molecule has 40 heavy (non-hydrogen) atoms. The Morgan fingerprint density at radius 1 is 0.425 bits per heavy atom. The largest absolute Gasteiger partial charge is 3.00 e. The summed E-state index contributed by atoms with van der Waals surface area (Å²) >= 11 is 0. The second-order valence-electron chi connectivity index (χ2n) is 7.35. The van der Waals surface area contributed by atoms with Crippen molar-refractivity contribution in [2.45, 2.75) is 0 Å². The summed E-state index contributed by atoms with van der Waals surface area (Å²) in [5.41, 5.74) is -7.56. The predicted molar refractivity (Wildman–Crippen MR) is 125 cm³/mol. The SMILES string of the molecule is Cn1c([O-])c(N=O)c(=O)n(C)c1=O.Cn1c([O-])c(N=O)c(=O)n(C)c1=O.Cn1c([O-])c(N=O)c(=O)n(C)c1=O.[Co+3]. The van der Waals surface area contributed by atoms with Gasteiger partial charge < -0.3 is 29.0 Å². The summed E-state index contributed by atoms with van der Waals surface area (Å²) in [5.74, 6) is -2.91. The minimum absolute atomic E-state index is 0. The third-order valence-corrected chi connectivity index (χ3v) is 5.04. The fraction of sp³-hybridized carbons (Fsp3) is 0.333. The summed E-state index contributed by atoms with van der Waals surface area (Å²) in [6, 6.07) is 0. The van der Waals surface area contributed by atoms with Crippen molar-refractivity contribution in [1.29, 1.82) is 0 Å². The van der Waals surface area contributed by atoms with E-state index in [0.29, 0.717) is 27.4 Å². The van der Waals surface area contributed by atoms with E-state index < -0.39 is 68.4 Å². The van der Waals surface area contributed by atoms with E-state index in [1.165, 1.54) is 42.3 Å². The molecule has 0 aliphatic heterocycles. The Hall–Kier alpha value is -5.25. The fourth-order valence-electron chi connectivity index (χ4n) is 2.66. The van der Waals surface area contributed by atoms with Crippen molar-refractivity contribution in [3.05, 3.63) is 77.2 Å². The van der Waals surface area contributed by atoms with Gasteiger partial charge in [0.05, 0.1) is 0 Å². The number of rotatable bonds is 3. The quantitative estimate of drug-likeness (QED) is 0.254. The zero-order valence-electron chi connectivity index (χ0n) is 21.3. The average molecular weight is 611 g/mol. The van der Waals surface area contributed by atoms with Gasteiger partial charge >= 0.3 is 33.8 Å². The first-order valence-corrected chi connectivity index (χ1v) is 9.92. The Labute approximate surface area is 229 Å².